The van der Waals surface area contributed by atoms with Crippen molar-refractivity contribution in [2.45, 2.75) is 52.0 Å². The number of hydrogen-bond acceptors (Lipinski definition) is 2. The molecule has 1 aliphatic carbocycles. The monoisotopic (exact) mass is 275 g/mol. The van der Waals surface area contributed by atoms with Gasteiger partial charge in [-0.2, -0.15) is 0 Å². The summed E-state index contributed by atoms with van der Waals surface area (Å²) in [6, 6.07) is 8.97. The van der Waals surface area contributed by atoms with E-state index in [1.807, 2.05) is 12.1 Å². The summed E-state index contributed by atoms with van der Waals surface area (Å²) in [5.41, 5.74) is 1.38. The maximum atomic E-state index is 5.20. The molecule has 0 radical (unpaired) electrons. The van der Waals surface area contributed by atoms with Gasteiger partial charge in [0.15, 0.2) is 0 Å². The topological polar surface area (TPSA) is 21.3 Å². The molecule has 2 heteroatoms. The fourth-order valence-corrected chi connectivity index (χ4v) is 3.30. The number of nitrogens with one attached hydrogen (secondary N) is 1. The summed E-state index contributed by atoms with van der Waals surface area (Å²) in [4.78, 5) is 0. The van der Waals surface area contributed by atoms with Gasteiger partial charge in [-0.05, 0) is 62.3 Å². The molecule has 112 valence electrons. The van der Waals surface area contributed by atoms with Crippen LogP contribution in [0.1, 0.15) is 45.1 Å². The highest BCUT2D eigenvalue weighted by Gasteiger charge is 2.19. The van der Waals surface area contributed by atoms with E-state index in [0.29, 0.717) is 6.04 Å². The molecule has 0 saturated heterocycles. The first-order valence-corrected chi connectivity index (χ1v) is 8.03. The fourth-order valence-electron chi connectivity index (χ4n) is 3.30. The molecular weight excluding hydrogens is 246 g/mol. The predicted octanol–water partition coefficient (Wildman–Crippen LogP) is 4.04. The lowest BCUT2D eigenvalue weighted by atomic mass is 9.82. The summed E-state index contributed by atoms with van der Waals surface area (Å²) in [6.07, 6.45) is 6.75. The molecule has 1 fully saturated rings. The average Bonchev–Trinajstić information content (AvgIpc) is 2.46. The lowest BCUT2D eigenvalue weighted by Gasteiger charge is -2.28. The molecule has 0 aromatic heterocycles. The third kappa shape index (κ3) is 4.82. The second kappa shape index (κ2) is 7.68. The zero-order chi connectivity index (χ0) is 14.4. The molecule has 0 bridgehead atoms. The number of ether oxygens (including phenoxy) is 1. The fraction of sp³-hybridized carbons (Fsp3) is 0.667. The van der Waals surface area contributed by atoms with Gasteiger partial charge in [0.05, 0.1) is 7.11 Å². The largest absolute Gasteiger partial charge is 0.497 e. The van der Waals surface area contributed by atoms with Crippen LogP contribution in [0, 0.1) is 11.8 Å². The van der Waals surface area contributed by atoms with Crippen molar-refractivity contribution in [2.24, 2.45) is 11.8 Å². The Morgan fingerprint density at radius 1 is 1.25 bits per heavy atom. The first-order chi connectivity index (χ1) is 9.67. The molecule has 20 heavy (non-hydrogen) atoms. The summed E-state index contributed by atoms with van der Waals surface area (Å²) in [5.74, 6) is 2.75. The van der Waals surface area contributed by atoms with E-state index in [2.05, 4.69) is 31.3 Å². The molecule has 0 spiro atoms. The highest BCUT2D eigenvalue weighted by atomic mass is 16.5. The number of rotatable bonds is 6. The van der Waals surface area contributed by atoms with Crippen molar-refractivity contribution in [3.05, 3.63) is 29.8 Å². The van der Waals surface area contributed by atoms with Gasteiger partial charge in [0.1, 0.15) is 5.75 Å². The van der Waals surface area contributed by atoms with E-state index in [1.54, 1.807) is 7.11 Å². The van der Waals surface area contributed by atoms with Gasteiger partial charge in [-0.25, -0.2) is 0 Å². The summed E-state index contributed by atoms with van der Waals surface area (Å²) >= 11 is 0. The van der Waals surface area contributed by atoms with E-state index >= 15 is 0 Å². The zero-order valence-electron chi connectivity index (χ0n) is 13.2. The van der Waals surface area contributed by atoms with Crippen LogP contribution in [-0.2, 0) is 6.42 Å². The smallest absolute Gasteiger partial charge is 0.118 e. The molecule has 0 aliphatic heterocycles. The van der Waals surface area contributed by atoms with Gasteiger partial charge in [0.25, 0.3) is 0 Å². The van der Waals surface area contributed by atoms with Crippen molar-refractivity contribution in [1.29, 1.82) is 0 Å². The van der Waals surface area contributed by atoms with Crippen LogP contribution in [0.3, 0.4) is 0 Å². The van der Waals surface area contributed by atoms with E-state index in [0.717, 1.165) is 24.0 Å². The lowest BCUT2D eigenvalue weighted by Crippen LogP contribution is -2.34. The Bertz CT molecular complexity index is 387. The van der Waals surface area contributed by atoms with Crippen LogP contribution >= 0.6 is 0 Å². The van der Waals surface area contributed by atoms with Crippen molar-refractivity contribution in [1.82, 2.24) is 5.32 Å². The molecule has 2 rings (SSSR count). The number of methoxy groups -OCH3 is 1. The van der Waals surface area contributed by atoms with Gasteiger partial charge in [-0.1, -0.05) is 31.9 Å². The summed E-state index contributed by atoms with van der Waals surface area (Å²) in [7, 11) is 1.71. The molecule has 3 unspecified atom stereocenters. The average molecular weight is 275 g/mol. The Labute approximate surface area is 123 Å². The molecule has 1 aliphatic rings. The van der Waals surface area contributed by atoms with E-state index in [1.165, 1.54) is 37.8 Å². The molecule has 0 heterocycles. The Morgan fingerprint density at radius 2 is 2.00 bits per heavy atom. The van der Waals surface area contributed by atoms with Gasteiger partial charge < -0.3 is 10.1 Å². The van der Waals surface area contributed by atoms with E-state index in [4.69, 9.17) is 4.74 Å². The molecule has 1 N–H and O–H groups in total. The molecule has 1 saturated carbocycles. The molecule has 0 amide bonds. The van der Waals surface area contributed by atoms with Gasteiger partial charge >= 0.3 is 0 Å². The van der Waals surface area contributed by atoms with Gasteiger partial charge in [-0.15, -0.1) is 0 Å². The normalized spacial score (nSPS) is 24.4. The first kappa shape index (κ1) is 15.4. The number of hydrogen-bond donors (Lipinski definition) is 1. The highest BCUT2D eigenvalue weighted by molar-refractivity contribution is 5.27. The van der Waals surface area contributed by atoms with Gasteiger partial charge in [0.2, 0.25) is 0 Å². The van der Waals surface area contributed by atoms with Crippen molar-refractivity contribution < 1.29 is 4.74 Å². The molecular formula is C18H29NO. The lowest BCUT2D eigenvalue weighted by molar-refractivity contribution is 0.268. The molecule has 1 aromatic rings. The standard InChI is InChI=1S/C18H29NO/c1-14-5-4-6-17(11-14)13-19-15(2)12-16-7-9-18(20-3)10-8-16/h7-10,14-15,17,19H,4-6,11-13H2,1-3H3. The highest BCUT2D eigenvalue weighted by Crippen LogP contribution is 2.28. The zero-order valence-corrected chi connectivity index (χ0v) is 13.2. The Morgan fingerprint density at radius 3 is 2.65 bits per heavy atom. The Kier molecular flexibility index (Phi) is 5.90. The minimum absolute atomic E-state index is 0.542. The second-order valence-electron chi connectivity index (χ2n) is 6.50. The van der Waals surface area contributed by atoms with Crippen molar-refractivity contribution in [3.63, 3.8) is 0 Å². The second-order valence-corrected chi connectivity index (χ2v) is 6.50. The minimum atomic E-state index is 0.542. The summed E-state index contributed by atoms with van der Waals surface area (Å²) in [6.45, 7) is 5.87. The van der Waals surface area contributed by atoms with Crippen LogP contribution in [0.5, 0.6) is 5.75 Å². The van der Waals surface area contributed by atoms with Crippen LogP contribution in [0.4, 0.5) is 0 Å². The first-order valence-electron chi connectivity index (χ1n) is 8.03. The van der Waals surface area contributed by atoms with E-state index < -0.39 is 0 Å². The minimum Gasteiger partial charge on any atom is -0.497 e. The maximum Gasteiger partial charge on any atom is 0.118 e. The molecule has 2 nitrogen and oxygen atoms in total. The quantitative estimate of drug-likeness (QED) is 0.846. The van der Waals surface area contributed by atoms with Crippen LogP contribution < -0.4 is 10.1 Å². The predicted molar refractivity (Wildman–Crippen MR) is 85.3 cm³/mol. The number of benzene rings is 1. The van der Waals surface area contributed by atoms with Crippen molar-refractivity contribution >= 4 is 0 Å². The van der Waals surface area contributed by atoms with Gasteiger partial charge in [-0.3, -0.25) is 0 Å². The van der Waals surface area contributed by atoms with Crippen LogP contribution in [0.2, 0.25) is 0 Å². The third-order valence-electron chi connectivity index (χ3n) is 4.50. The summed E-state index contributed by atoms with van der Waals surface area (Å²) < 4.78 is 5.20. The molecule has 3 atom stereocenters. The van der Waals surface area contributed by atoms with E-state index in [9.17, 15) is 0 Å². The van der Waals surface area contributed by atoms with E-state index in [-0.39, 0.29) is 0 Å². The third-order valence-corrected chi connectivity index (χ3v) is 4.50. The summed E-state index contributed by atoms with van der Waals surface area (Å²) in [5, 5.41) is 3.72. The maximum absolute atomic E-state index is 5.20. The van der Waals surface area contributed by atoms with Crippen LogP contribution in [-0.4, -0.2) is 19.7 Å². The Balaban J connectivity index is 1.72. The Hall–Kier alpha value is -1.02. The van der Waals surface area contributed by atoms with Crippen LogP contribution in [0.15, 0.2) is 24.3 Å². The SMILES string of the molecule is COc1ccc(CC(C)NCC2CCCC(C)C2)cc1. The van der Waals surface area contributed by atoms with Gasteiger partial charge in [0, 0.05) is 6.04 Å². The van der Waals surface area contributed by atoms with Crippen molar-refractivity contribution in [2.75, 3.05) is 13.7 Å². The van der Waals surface area contributed by atoms with Crippen LogP contribution in [0.25, 0.3) is 0 Å². The molecule has 1 aromatic carbocycles. The van der Waals surface area contributed by atoms with Crippen molar-refractivity contribution in [3.8, 4) is 5.75 Å².